The lowest BCUT2D eigenvalue weighted by atomic mass is 10.1. The lowest BCUT2D eigenvalue weighted by Gasteiger charge is -2.17. The maximum Gasteiger partial charge on any atom is 0.410 e. The van der Waals surface area contributed by atoms with Gasteiger partial charge in [0.05, 0.1) is 33.6 Å². The average Bonchev–Trinajstić information content (AvgIpc) is 3.20. The van der Waals surface area contributed by atoms with Gasteiger partial charge in [0.2, 0.25) is 0 Å². The first-order valence-electron chi connectivity index (χ1n) is 9.53. The summed E-state index contributed by atoms with van der Waals surface area (Å²) < 4.78 is 5.25. The van der Waals surface area contributed by atoms with E-state index in [1.165, 1.54) is 4.90 Å². The largest absolute Gasteiger partial charge is 0.445 e. The number of nitrogens with one attached hydrogen (secondary N) is 1. The highest BCUT2D eigenvalue weighted by Crippen LogP contribution is 2.23. The third kappa shape index (κ3) is 5.71. The maximum absolute atomic E-state index is 12.7. The molecule has 1 N–H and O–H groups in total. The third-order valence-electron chi connectivity index (χ3n) is 4.86. The number of rotatable bonds is 7. The van der Waals surface area contributed by atoms with Crippen molar-refractivity contribution in [1.82, 2.24) is 10.2 Å². The summed E-state index contributed by atoms with van der Waals surface area (Å²) in [4.78, 5) is 49.5. The molecule has 3 rings (SSSR count). The van der Waals surface area contributed by atoms with Gasteiger partial charge in [-0.15, -0.1) is 0 Å². The molecule has 0 unspecified atom stereocenters. The molecular formula is C19H17N7O7. The van der Waals surface area contributed by atoms with E-state index in [9.17, 15) is 29.8 Å². The van der Waals surface area contributed by atoms with Gasteiger partial charge < -0.3 is 15.0 Å². The number of nitro groups is 2. The lowest BCUT2D eigenvalue weighted by molar-refractivity contribution is -0.394. The molecule has 1 fully saturated rings. The first kappa shape index (κ1) is 23.0. The van der Waals surface area contributed by atoms with Crippen LogP contribution in [0, 0.1) is 20.2 Å². The Kier molecular flexibility index (Phi) is 7.00. The van der Waals surface area contributed by atoms with Crippen molar-refractivity contribution in [2.45, 2.75) is 18.7 Å². The number of ether oxygens (including phenoxy) is 1. The summed E-state index contributed by atoms with van der Waals surface area (Å²) in [6, 6.07) is 9.81. The van der Waals surface area contributed by atoms with Gasteiger partial charge in [-0.2, -0.15) is 0 Å². The van der Waals surface area contributed by atoms with E-state index in [0.29, 0.717) is 0 Å². The second-order valence-electron chi connectivity index (χ2n) is 7.05. The quantitative estimate of drug-likeness (QED) is 0.218. The number of carbonyl (C=O) groups is 2. The molecule has 0 aromatic heterocycles. The van der Waals surface area contributed by atoms with Gasteiger partial charge in [0.15, 0.2) is 0 Å². The molecule has 14 heteroatoms. The average molecular weight is 455 g/mol. The van der Waals surface area contributed by atoms with Crippen molar-refractivity contribution in [2.75, 3.05) is 13.1 Å². The minimum absolute atomic E-state index is 0.0245. The molecule has 14 nitrogen and oxygen atoms in total. The second-order valence-corrected chi connectivity index (χ2v) is 7.05. The Morgan fingerprint density at radius 2 is 1.76 bits per heavy atom. The van der Waals surface area contributed by atoms with Crippen LogP contribution >= 0.6 is 0 Å². The van der Waals surface area contributed by atoms with Gasteiger partial charge in [-0.25, -0.2) is 4.79 Å². The Hall–Kier alpha value is -4.71. The summed E-state index contributed by atoms with van der Waals surface area (Å²) >= 11 is 0. The number of amides is 2. The molecule has 2 aromatic carbocycles. The van der Waals surface area contributed by atoms with Crippen LogP contribution in [0.25, 0.3) is 10.4 Å². The van der Waals surface area contributed by atoms with E-state index in [0.717, 1.165) is 23.8 Å². The number of hydrogen-bond donors (Lipinski definition) is 1. The van der Waals surface area contributed by atoms with Crippen molar-refractivity contribution in [3.8, 4) is 0 Å². The molecule has 0 spiro atoms. The highest BCUT2D eigenvalue weighted by Gasteiger charge is 2.37. The van der Waals surface area contributed by atoms with E-state index >= 15 is 0 Å². The van der Waals surface area contributed by atoms with Crippen molar-refractivity contribution >= 4 is 23.4 Å². The van der Waals surface area contributed by atoms with Crippen molar-refractivity contribution in [3.63, 3.8) is 0 Å². The normalized spacial score (nSPS) is 17.0. The topological polar surface area (TPSA) is 194 Å². The predicted molar refractivity (Wildman–Crippen MR) is 112 cm³/mol. The van der Waals surface area contributed by atoms with E-state index in [4.69, 9.17) is 10.3 Å². The summed E-state index contributed by atoms with van der Waals surface area (Å²) in [6.07, 6.45) is -0.681. The van der Waals surface area contributed by atoms with Crippen LogP contribution in [-0.4, -0.2) is 51.9 Å². The van der Waals surface area contributed by atoms with Gasteiger partial charge in [0.1, 0.15) is 6.61 Å². The van der Waals surface area contributed by atoms with Crippen molar-refractivity contribution in [2.24, 2.45) is 5.11 Å². The number of nitro benzene ring substituents is 2. The van der Waals surface area contributed by atoms with Gasteiger partial charge >= 0.3 is 6.09 Å². The molecule has 0 radical (unpaired) electrons. The van der Waals surface area contributed by atoms with E-state index in [-0.39, 0.29) is 25.3 Å². The number of carbonyl (C=O) groups excluding carboxylic acids is 2. The summed E-state index contributed by atoms with van der Waals surface area (Å²) in [6.45, 7) is -0.0610. The molecule has 2 amide bonds. The van der Waals surface area contributed by atoms with Crippen LogP contribution in [0.15, 0.2) is 53.6 Å². The molecule has 1 heterocycles. The second kappa shape index (κ2) is 10.1. The molecule has 0 aliphatic carbocycles. The molecule has 2 atom stereocenters. The van der Waals surface area contributed by atoms with Crippen LogP contribution in [0.5, 0.6) is 0 Å². The Labute approximate surface area is 185 Å². The summed E-state index contributed by atoms with van der Waals surface area (Å²) in [5, 5.41) is 28.2. The van der Waals surface area contributed by atoms with Gasteiger partial charge in [-0.3, -0.25) is 25.0 Å². The van der Waals surface area contributed by atoms with Crippen LogP contribution < -0.4 is 5.32 Å². The van der Waals surface area contributed by atoms with Crippen molar-refractivity contribution in [1.29, 1.82) is 0 Å². The SMILES string of the molecule is [N-]=[N+]=N[C@H]1CN(C(=O)OCc2ccccc2)C[C@@H]1NC(=O)c1cc([N+](=O)[O-])cc([N+](=O)[O-])c1. The van der Waals surface area contributed by atoms with Gasteiger partial charge in [-0.1, -0.05) is 35.4 Å². The van der Waals surface area contributed by atoms with E-state index in [1.807, 2.05) is 6.07 Å². The Morgan fingerprint density at radius 1 is 1.12 bits per heavy atom. The monoisotopic (exact) mass is 455 g/mol. The molecule has 1 saturated heterocycles. The van der Waals surface area contributed by atoms with Crippen LogP contribution in [0.3, 0.4) is 0 Å². The van der Waals surface area contributed by atoms with Crippen molar-refractivity contribution in [3.05, 3.63) is 90.3 Å². The minimum Gasteiger partial charge on any atom is -0.445 e. The summed E-state index contributed by atoms with van der Waals surface area (Å²) in [5.41, 5.74) is 8.03. The van der Waals surface area contributed by atoms with E-state index in [1.54, 1.807) is 24.3 Å². The fourth-order valence-corrected chi connectivity index (χ4v) is 3.26. The summed E-state index contributed by atoms with van der Waals surface area (Å²) in [7, 11) is 0. The standard InChI is InChI=1S/C19H17N7O7/c20-23-22-17-10-24(19(28)33-11-12-4-2-1-3-5-12)9-16(17)21-18(27)13-6-14(25(29)30)8-15(7-13)26(31)32/h1-8,16-17H,9-11H2,(H,21,27)/t16-,17-/m0/s1. The van der Waals surface area contributed by atoms with Crippen LogP contribution in [-0.2, 0) is 11.3 Å². The zero-order valence-corrected chi connectivity index (χ0v) is 16.9. The third-order valence-corrected chi connectivity index (χ3v) is 4.86. The van der Waals surface area contributed by atoms with Crippen LogP contribution in [0.1, 0.15) is 15.9 Å². The van der Waals surface area contributed by atoms with Gasteiger partial charge in [0.25, 0.3) is 17.3 Å². The summed E-state index contributed by atoms with van der Waals surface area (Å²) in [5.74, 6) is -0.857. The Balaban J connectivity index is 1.72. The van der Waals surface area contributed by atoms with Crippen molar-refractivity contribution < 1.29 is 24.2 Å². The number of hydrogen-bond acceptors (Lipinski definition) is 8. The molecule has 170 valence electrons. The Morgan fingerprint density at radius 3 is 2.33 bits per heavy atom. The molecule has 0 bridgehead atoms. The fourth-order valence-electron chi connectivity index (χ4n) is 3.26. The Bertz CT molecular complexity index is 1100. The molecule has 2 aromatic rings. The molecule has 1 aliphatic heterocycles. The zero-order chi connectivity index (χ0) is 24.0. The fraction of sp³-hybridized carbons (Fsp3) is 0.263. The molecule has 0 saturated carbocycles. The maximum atomic E-state index is 12.7. The minimum atomic E-state index is -0.857. The number of likely N-dealkylation sites (tertiary alicyclic amines) is 1. The van der Waals surface area contributed by atoms with Crippen LogP contribution in [0.2, 0.25) is 0 Å². The first-order valence-corrected chi connectivity index (χ1v) is 9.53. The van der Waals surface area contributed by atoms with E-state index < -0.39 is 45.3 Å². The number of benzene rings is 2. The zero-order valence-electron chi connectivity index (χ0n) is 16.9. The van der Waals surface area contributed by atoms with Gasteiger partial charge in [-0.05, 0) is 11.1 Å². The smallest absolute Gasteiger partial charge is 0.410 e. The highest BCUT2D eigenvalue weighted by molar-refractivity contribution is 5.96. The van der Waals surface area contributed by atoms with Gasteiger partial charge in [0, 0.05) is 30.1 Å². The predicted octanol–water partition coefficient (Wildman–Crippen LogP) is 2.93. The lowest BCUT2D eigenvalue weighted by Crippen LogP contribution is -2.42. The molecule has 33 heavy (non-hydrogen) atoms. The molecular weight excluding hydrogens is 438 g/mol. The highest BCUT2D eigenvalue weighted by atomic mass is 16.6. The number of nitrogens with zero attached hydrogens (tertiary/aromatic N) is 6. The number of non-ortho nitro benzene ring substituents is 2. The first-order chi connectivity index (χ1) is 15.8. The molecule has 1 aliphatic rings. The van der Waals surface area contributed by atoms with Crippen LogP contribution in [0.4, 0.5) is 16.2 Å². The van der Waals surface area contributed by atoms with E-state index in [2.05, 4.69) is 15.3 Å². The number of azide groups is 1.